The van der Waals surface area contributed by atoms with Crippen LogP contribution in [-0.4, -0.2) is 28.3 Å². The van der Waals surface area contributed by atoms with Crippen molar-refractivity contribution in [2.75, 3.05) is 0 Å². The van der Waals surface area contributed by atoms with Gasteiger partial charge < -0.3 is 15.2 Å². The first-order chi connectivity index (χ1) is 8.10. The van der Waals surface area contributed by atoms with Crippen molar-refractivity contribution in [3.8, 4) is 0 Å². The molecule has 0 saturated heterocycles. The van der Waals surface area contributed by atoms with Crippen LogP contribution in [0.5, 0.6) is 0 Å². The molecule has 1 atom stereocenters. The van der Waals surface area contributed by atoms with Crippen LogP contribution in [0.25, 0.3) is 0 Å². The highest BCUT2D eigenvalue weighted by molar-refractivity contribution is 5.83. The number of unbranched alkanes of at least 4 members (excludes halogenated alkanes) is 1. The zero-order valence-corrected chi connectivity index (χ0v) is 11.6. The lowest BCUT2D eigenvalue weighted by atomic mass is 9.95. The van der Waals surface area contributed by atoms with E-state index in [4.69, 9.17) is 4.74 Å². The molecule has 0 aliphatic carbocycles. The van der Waals surface area contributed by atoms with Gasteiger partial charge in [-0.25, -0.2) is 9.59 Å². The maximum absolute atomic E-state index is 11.6. The Balaban J connectivity index is 4.56. The van der Waals surface area contributed by atoms with Crippen molar-refractivity contribution in [1.82, 2.24) is 5.32 Å². The lowest BCUT2D eigenvalue weighted by Crippen LogP contribution is -2.53. The number of alkyl carbamates (subject to hydrolysis) is 1. The molecule has 18 heavy (non-hydrogen) atoms. The number of rotatable bonds is 6. The van der Waals surface area contributed by atoms with Crippen LogP contribution in [0.3, 0.4) is 0 Å². The smallest absolute Gasteiger partial charge is 0.408 e. The summed E-state index contributed by atoms with van der Waals surface area (Å²) in [6.45, 7) is 10.2. The molecule has 0 radical (unpaired) electrons. The molecule has 5 nitrogen and oxygen atoms in total. The summed E-state index contributed by atoms with van der Waals surface area (Å²) in [5.74, 6) is -1.07. The summed E-state index contributed by atoms with van der Waals surface area (Å²) < 4.78 is 5.06. The predicted octanol–water partition coefficient (Wildman–Crippen LogP) is 2.71. The van der Waals surface area contributed by atoms with Gasteiger partial charge in [0, 0.05) is 0 Å². The summed E-state index contributed by atoms with van der Waals surface area (Å²) in [6, 6.07) is 0. The molecule has 0 spiro atoms. The minimum absolute atomic E-state index is 0.327. The van der Waals surface area contributed by atoms with Gasteiger partial charge >= 0.3 is 12.1 Å². The van der Waals surface area contributed by atoms with Crippen molar-refractivity contribution in [3.05, 3.63) is 12.7 Å². The number of carboxylic acid groups (broad SMARTS) is 1. The Labute approximate surface area is 108 Å². The van der Waals surface area contributed by atoms with E-state index in [0.29, 0.717) is 19.3 Å². The van der Waals surface area contributed by atoms with Crippen LogP contribution >= 0.6 is 0 Å². The standard InChI is InChI=1S/C13H23NO4/c1-6-7-8-9-13(5,10(15)16)14-11(17)18-12(2,3)4/h6H,1,7-9H2,2-5H3,(H,14,17)(H,15,16). The highest BCUT2D eigenvalue weighted by Gasteiger charge is 2.35. The van der Waals surface area contributed by atoms with E-state index in [-0.39, 0.29) is 0 Å². The molecule has 104 valence electrons. The Kier molecular flexibility index (Phi) is 5.88. The maximum Gasteiger partial charge on any atom is 0.408 e. The molecule has 0 heterocycles. The van der Waals surface area contributed by atoms with E-state index in [1.165, 1.54) is 6.92 Å². The average molecular weight is 257 g/mol. The average Bonchev–Trinajstić information content (AvgIpc) is 2.14. The molecule has 1 unspecified atom stereocenters. The Morgan fingerprint density at radius 3 is 2.28 bits per heavy atom. The van der Waals surface area contributed by atoms with Gasteiger partial charge in [-0.05, 0) is 47.0 Å². The highest BCUT2D eigenvalue weighted by atomic mass is 16.6. The van der Waals surface area contributed by atoms with Crippen molar-refractivity contribution in [2.24, 2.45) is 0 Å². The fraction of sp³-hybridized carbons (Fsp3) is 0.692. The molecule has 0 fully saturated rings. The van der Waals surface area contributed by atoms with Crippen molar-refractivity contribution in [3.63, 3.8) is 0 Å². The van der Waals surface area contributed by atoms with Crippen molar-refractivity contribution in [1.29, 1.82) is 0 Å². The summed E-state index contributed by atoms with van der Waals surface area (Å²) in [7, 11) is 0. The molecule has 0 aromatic rings. The molecule has 5 heteroatoms. The van der Waals surface area contributed by atoms with Crippen molar-refractivity contribution >= 4 is 12.1 Å². The molecule has 0 bridgehead atoms. The molecule has 0 rings (SSSR count). The molecule has 2 N–H and O–H groups in total. The first-order valence-corrected chi connectivity index (χ1v) is 5.96. The summed E-state index contributed by atoms with van der Waals surface area (Å²) in [6.07, 6.45) is 2.68. The van der Waals surface area contributed by atoms with Crippen LogP contribution in [0.1, 0.15) is 47.0 Å². The molecular weight excluding hydrogens is 234 g/mol. The molecule has 0 aliphatic heterocycles. The Hall–Kier alpha value is -1.52. The third-order valence-electron chi connectivity index (χ3n) is 2.33. The van der Waals surface area contributed by atoms with Gasteiger partial charge in [0.25, 0.3) is 0 Å². The Morgan fingerprint density at radius 1 is 1.33 bits per heavy atom. The van der Waals surface area contributed by atoms with E-state index < -0.39 is 23.2 Å². The Morgan fingerprint density at radius 2 is 1.89 bits per heavy atom. The maximum atomic E-state index is 11.6. The fourth-order valence-corrected chi connectivity index (χ4v) is 1.35. The molecule has 0 aromatic heterocycles. The molecule has 1 amide bonds. The number of allylic oxidation sites excluding steroid dienone is 1. The fourth-order valence-electron chi connectivity index (χ4n) is 1.35. The number of carboxylic acids is 1. The van der Waals surface area contributed by atoms with Crippen LogP contribution in [0, 0.1) is 0 Å². The second-order valence-corrected chi connectivity index (χ2v) is 5.45. The third-order valence-corrected chi connectivity index (χ3v) is 2.33. The van der Waals surface area contributed by atoms with Crippen LogP contribution in [-0.2, 0) is 9.53 Å². The van der Waals surface area contributed by atoms with Crippen LogP contribution < -0.4 is 5.32 Å². The van der Waals surface area contributed by atoms with Gasteiger partial charge in [0.15, 0.2) is 0 Å². The van der Waals surface area contributed by atoms with E-state index in [9.17, 15) is 14.7 Å². The van der Waals surface area contributed by atoms with Crippen LogP contribution in [0.4, 0.5) is 4.79 Å². The lowest BCUT2D eigenvalue weighted by Gasteiger charge is -2.28. The number of carbonyl (C=O) groups is 2. The minimum atomic E-state index is -1.31. The van der Waals surface area contributed by atoms with Crippen molar-refractivity contribution < 1.29 is 19.4 Å². The number of aliphatic carboxylic acids is 1. The lowest BCUT2D eigenvalue weighted by molar-refractivity contribution is -0.144. The van der Waals surface area contributed by atoms with Gasteiger partial charge in [0.1, 0.15) is 11.1 Å². The van der Waals surface area contributed by atoms with Crippen molar-refractivity contribution in [2.45, 2.75) is 58.1 Å². The summed E-state index contributed by atoms with van der Waals surface area (Å²) in [5, 5.41) is 11.6. The number of hydrogen-bond donors (Lipinski definition) is 2. The zero-order chi connectivity index (χ0) is 14.4. The van der Waals surface area contributed by atoms with Gasteiger partial charge in [-0.15, -0.1) is 6.58 Å². The molecule has 0 aliphatic rings. The van der Waals surface area contributed by atoms with Gasteiger partial charge in [0.05, 0.1) is 0 Å². The first kappa shape index (κ1) is 16.5. The quantitative estimate of drug-likeness (QED) is 0.566. The van der Waals surface area contributed by atoms with E-state index in [0.717, 1.165) is 0 Å². The van der Waals surface area contributed by atoms with Gasteiger partial charge in [-0.1, -0.05) is 6.08 Å². The van der Waals surface area contributed by atoms with E-state index >= 15 is 0 Å². The van der Waals surface area contributed by atoms with E-state index in [1.807, 2.05) is 0 Å². The first-order valence-electron chi connectivity index (χ1n) is 5.96. The monoisotopic (exact) mass is 257 g/mol. The summed E-state index contributed by atoms with van der Waals surface area (Å²) >= 11 is 0. The summed E-state index contributed by atoms with van der Waals surface area (Å²) in [5.41, 5.74) is -1.96. The highest BCUT2D eigenvalue weighted by Crippen LogP contribution is 2.16. The molecule has 0 saturated carbocycles. The number of amides is 1. The predicted molar refractivity (Wildman–Crippen MR) is 69.5 cm³/mol. The summed E-state index contributed by atoms with van der Waals surface area (Å²) in [4.78, 5) is 22.8. The second kappa shape index (κ2) is 6.42. The molecule has 0 aromatic carbocycles. The second-order valence-electron chi connectivity index (χ2n) is 5.45. The van der Waals surface area contributed by atoms with Crippen LogP contribution in [0.15, 0.2) is 12.7 Å². The number of ether oxygens (including phenoxy) is 1. The van der Waals surface area contributed by atoms with Gasteiger partial charge in [-0.3, -0.25) is 0 Å². The number of nitrogens with one attached hydrogen (secondary N) is 1. The molecular formula is C13H23NO4. The van der Waals surface area contributed by atoms with E-state index in [2.05, 4.69) is 11.9 Å². The largest absolute Gasteiger partial charge is 0.480 e. The number of carbonyl (C=O) groups excluding carboxylic acids is 1. The normalized spacial score (nSPS) is 14.4. The Bertz CT molecular complexity index is 319. The third kappa shape index (κ3) is 6.27. The zero-order valence-electron chi connectivity index (χ0n) is 11.6. The van der Waals surface area contributed by atoms with Crippen LogP contribution in [0.2, 0.25) is 0 Å². The van der Waals surface area contributed by atoms with E-state index in [1.54, 1.807) is 26.8 Å². The number of hydrogen-bond acceptors (Lipinski definition) is 3. The minimum Gasteiger partial charge on any atom is -0.480 e. The SMILES string of the molecule is C=CCCCC(C)(NC(=O)OC(C)(C)C)C(=O)O. The van der Waals surface area contributed by atoms with Gasteiger partial charge in [-0.2, -0.15) is 0 Å². The topological polar surface area (TPSA) is 75.6 Å². The van der Waals surface area contributed by atoms with Gasteiger partial charge in [0.2, 0.25) is 0 Å².